The molecule has 0 saturated carbocycles. The lowest BCUT2D eigenvalue weighted by Crippen LogP contribution is -3.05. The highest BCUT2D eigenvalue weighted by Gasteiger charge is 2.45. The first-order chi connectivity index (χ1) is 15.6. The number of hydrogen-bond acceptors (Lipinski definition) is 6. The van der Waals surface area contributed by atoms with Gasteiger partial charge in [-0.05, 0) is 42.0 Å². The van der Waals surface area contributed by atoms with Gasteiger partial charge < -0.3 is 14.9 Å². The number of aromatic nitrogens is 1. The molecule has 1 aromatic carbocycles. The van der Waals surface area contributed by atoms with Crippen LogP contribution in [0.4, 0.5) is 0 Å². The summed E-state index contributed by atoms with van der Waals surface area (Å²) >= 11 is 0. The van der Waals surface area contributed by atoms with Crippen LogP contribution in [0.2, 0.25) is 0 Å². The lowest BCUT2D eigenvalue weighted by molar-refractivity contribution is -0.858. The van der Waals surface area contributed by atoms with Gasteiger partial charge in [0.2, 0.25) is 10.0 Å². The number of rotatable bonds is 8. The first kappa shape index (κ1) is 24.6. The molecule has 0 aliphatic carbocycles. The zero-order valence-electron chi connectivity index (χ0n) is 19.1. The van der Waals surface area contributed by atoms with Crippen LogP contribution in [0.1, 0.15) is 23.6 Å². The summed E-state index contributed by atoms with van der Waals surface area (Å²) in [6.07, 6.45) is 3.83. The van der Waals surface area contributed by atoms with Crippen molar-refractivity contribution in [3.05, 3.63) is 65.5 Å². The minimum atomic E-state index is -3.64. The Morgan fingerprint density at radius 1 is 1.09 bits per heavy atom. The van der Waals surface area contributed by atoms with Gasteiger partial charge in [0, 0.05) is 45.0 Å². The number of Topliss-reactive ketones (excluding diaryl/α,β-unsaturated/α-hetero) is 1. The second-order valence-electron chi connectivity index (χ2n) is 8.40. The third-order valence-electron chi connectivity index (χ3n) is 5.54. The van der Waals surface area contributed by atoms with Gasteiger partial charge in [-0.3, -0.25) is 14.6 Å². The van der Waals surface area contributed by atoms with Crippen molar-refractivity contribution in [2.75, 3.05) is 41.3 Å². The Morgan fingerprint density at radius 2 is 1.70 bits per heavy atom. The predicted octanol–water partition coefficient (Wildman–Crippen LogP) is 0.288. The average molecular weight is 474 g/mol. The van der Waals surface area contributed by atoms with Gasteiger partial charge in [-0.1, -0.05) is 0 Å². The van der Waals surface area contributed by atoms with Gasteiger partial charge in [-0.2, -0.15) is 0 Å². The van der Waals surface area contributed by atoms with Gasteiger partial charge in [-0.15, -0.1) is 0 Å². The van der Waals surface area contributed by atoms with E-state index in [1.165, 1.54) is 48.2 Å². The molecule has 1 atom stereocenters. The molecule has 0 bridgehead atoms. The highest BCUT2D eigenvalue weighted by Crippen LogP contribution is 2.39. The van der Waals surface area contributed by atoms with E-state index in [2.05, 4.69) is 4.98 Å². The molecular weight excluding hydrogens is 444 g/mol. The lowest BCUT2D eigenvalue weighted by atomic mass is 9.96. The first-order valence-corrected chi connectivity index (χ1v) is 12.0. The van der Waals surface area contributed by atoms with Crippen LogP contribution in [0, 0.1) is 0 Å². The number of sulfonamides is 1. The molecule has 1 saturated heterocycles. The number of hydrogen-bond donors (Lipinski definition) is 2. The van der Waals surface area contributed by atoms with E-state index < -0.39 is 27.8 Å². The molecule has 10 heteroatoms. The molecule has 33 heavy (non-hydrogen) atoms. The minimum absolute atomic E-state index is 0.0217. The van der Waals surface area contributed by atoms with Crippen molar-refractivity contribution in [2.24, 2.45) is 0 Å². The van der Waals surface area contributed by atoms with E-state index in [1.54, 1.807) is 24.5 Å². The number of pyridine rings is 1. The van der Waals surface area contributed by atoms with E-state index in [-0.39, 0.29) is 21.8 Å². The Morgan fingerprint density at radius 3 is 2.24 bits per heavy atom. The quantitative estimate of drug-likeness (QED) is 0.324. The number of carbonyl (C=O) groups is 2. The molecule has 2 heterocycles. The van der Waals surface area contributed by atoms with Gasteiger partial charge >= 0.3 is 0 Å². The Bertz CT molecular complexity index is 1160. The second-order valence-corrected chi connectivity index (χ2v) is 10.5. The molecule has 3 rings (SSSR count). The molecule has 1 fully saturated rings. The van der Waals surface area contributed by atoms with Crippen molar-refractivity contribution in [3.8, 4) is 0 Å². The van der Waals surface area contributed by atoms with Crippen molar-refractivity contribution >= 4 is 27.5 Å². The predicted molar refractivity (Wildman–Crippen MR) is 123 cm³/mol. The summed E-state index contributed by atoms with van der Waals surface area (Å²) in [7, 11) is 3.23. The molecule has 0 radical (unpaired) electrons. The molecule has 9 nitrogen and oxygen atoms in total. The minimum Gasteiger partial charge on any atom is -0.507 e. The fraction of sp³-hybridized carbons (Fsp3) is 0.348. The van der Waals surface area contributed by atoms with Crippen LogP contribution in [0.3, 0.4) is 0 Å². The normalized spacial score (nSPS) is 18.5. The summed E-state index contributed by atoms with van der Waals surface area (Å²) in [5.74, 6) is -1.78. The molecule has 0 spiro atoms. The molecule has 2 aromatic rings. The zero-order chi connectivity index (χ0) is 24.3. The summed E-state index contributed by atoms with van der Waals surface area (Å²) in [6, 6.07) is 8.25. The lowest BCUT2D eigenvalue weighted by Gasteiger charge is -2.25. The number of nitrogens with one attached hydrogen (secondary N) is 1. The molecule has 1 aliphatic rings. The monoisotopic (exact) mass is 473 g/mol. The number of benzene rings is 1. The van der Waals surface area contributed by atoms with E-state index in [9.17, 15) is 23.1 Å². The Balaban J connectivity index is 2.06. The SMILES string of the molecule is CN(C)S(=O)(=O)c1ccc(C(O)=C2C(=O)C(=O)N(CCC[NH+](C)C)C2c2ccncc2)cc1. The standard InChI is InChI=1S/C23H28N4O5S/c1-25(2)14-5-15-27-20(16-10-12-24-13-11-16)19(22(29)23(27)30)21(28)17-6-8-18(9-7-17)33(31,32)26(3)4/h6-13,20,28H,5,14-15H2,1-4H3/p+1. The number of aliphatic hydroxyl groups excluding tert-OH is 1. The highest BCUT2D eigenvalue weighted by molar-refractivity contribution is 7.89. The van der Waals surface area contributed by atoms with Crippen LogP contribution in [0.25, 0.3) is 5.76 Å². The third kappa shape index (κ3) is 4.97. The Hall–Kier alpha value is -3.08. The van der Waals surface area contributed by atoms with Crippen LogP contribution in [0.5, 0.6) is 0 Å². The second kappa shape index (κ2) is 9.82. The van der Waals surface area contributed by atoms with Crippen LogP contribution in [-0.4, -0.2) is 80.7 Å². The van der Waals surface area contributed by atoms with Crippen LogP contribution >= 0.6 is 0 Å². The van der Waals surface area contributed by atoms with Crippen molar-refractivity contribution < 1.29 is 28.0 Å². The fourth-order valence-electron chi connectivity index (χ4n) is 3.76. The number of amides is 1. The summed E-state index contributed by atoms with van der Waals surface area (Å²) in [4.78, 5) is 32.7. The average Bonchev–Trinajstić information content (AvgIpc) is 3.04. The van der Waals surface area contributed by atoms with Gasteiger partial charge in [0.25, 0.3) is 11.7 Å². The van der Waals surface area contributed by atoms with Crippen molar-refractivity contribution in [1.29, 1.82) is 0 Å². The Labute approximate surface area is 194 Å². The van der Waals surface area contributed by atoms with Crippen LogP contribution in [0.15, 0.2) is 59.3 Å². The number of carbonyl (C=O) groups excluding carboxylic acids is 2. The van der Waals surface area contributed by atoms with Crippen LogP contribution < -0.4 is 4.90 Å². The number of aliphatic hydroxyl groups is 1. The molecule has 1 aliphatic heterocycles. The number of quaternary nitrogens is 1. The molecular formula is C23H29N4O5S+. The summed E-state index contributed by atoms with van der Waals surface area (Å²) in [5.41, 5.74) is 0.892. The van der Waals surface area contributed by atoms with Gasteiger partial charge in [-0.25, -0.2) is 12.7 Å². The van der Waals surface area contributed by atoms with Gasteiger partial charge in [0.05, 0.1) is 37.2 Å². The molecule has 1 aromatic heterocycles. The maximum atomic E-state index is 13.0. The number of nitrogens with zero attached hydrogens (tertiary/aromatic N) is 3. The summed E-state index contributed by atoms with van der Waals surface area (Å²) in [6.45, 7) is 1.17. The van der Waals surface area contributed by atoms with Crippen LogP contribution in [-0.2, 0) is 19.6 Å². The van der Waals surface area contributed by atoms with Gasteiger partial charge in [0.1, 0.15) is 5.76 Å². The largest absolute Gasteiger partial charge is 0.507 e. The number of likely N-dealkylation sites (tertiary alicyclic amines) is 1. The molecule has 1 unspecified atom stereocenters. The van der Waals surface area contributed by atoms with Gasteiger partial charge in [0.15, 0.2) is 0 Å². The third-order valence-corrected chi connectivity index (χ3v) is 7.37. The molecule has 1 amide bonds. The maximum Gasteiger partial charge on any atom is 0.295 e. The van der Waals surface area contributed by atoms with E-state index in [0.717, 1.165) is 10.8 Å². The molecule has 2 N–H and O–H groups in total. The van der Waals surface area contributed by atoms with Crippen molar-refractivity contribution in [1.82, 2.24) is 14.2 Å². The van der Waals surface area contributed by atoms with Crippen molar-refractivity contribution in [2.45, 2.75) is 17.4 Å². The number of ketones is 1. The van der Waals surface area contributed by atoms with Crippen molar-refractivity contribution in [3.63, 3.8) is 0 Å². The van der Waals surface area contributed by atoms with E-state index in [4.69, 9.17) is 0 Å². The summed E-state index contributed by atoms with van der Waals surface area (Å²) < 4.78 is 25.8. The topological polar surface area (TPSA) is 112 Å². The first-order valence-electron chi connectivity index (χ1n) is 10.6. The maximum absolute atomic E-state index is 13.0. The fourth-order valence-corrected chi connectivity index (χ4v) is 4.66. The van der Waals surface area contributed by atoms with E-state index in [0.29, 0.717) is 18.5 Å². The Kier molecular flexibility index (Phi) is 7.31. The smallest absolute Gasteiger partial charge is 0.295 e. The van der Waals surface area contributed by atoms with E-state index in [1.807, 2.05) is 14.1 Å². The zero-order valence-corrected chi connectivity index (χ0v) is 20.0. The molecule has 176 valence electrons. The summed E-state index contributed by atoms with van der Waals surface area (Å²) in [5, 5.41) is 11.1. The highest BCUT2D eigenvalue weighted by atomic mass is 32.2. The van der Waals surface area contributed by atoms with E-state index >= 15 is 0 Å².